The number of hydrogen-bond acceptors (Lipinski definition) is 3. The SMILES string of the molecule is CCN(CC1CCCN1CC)C(=O)C(N)=O. The van der Waals surface area contributed by atoms with E-state index >= 15 is 0 Å². The van der Waals surface area contributed by atoms with Crippen LogP contribution in [0.2, 0.25) is 0 Å². The molecule has 5 heteroatoms. The molecule has 1 aliphatic rings. The van der Waals surface area contributed by atoms with Gasteiger partial charge in [-0.15, -0.1) is 0 Å². The van der Waals surface area contributed by atoms with Crippen LogP contribution in [0.1, 0.15) is 26.7 Å². The lowest BCUT2D eigenvalue weighted by Crippen LogP contribution is -2.47. The van der Waals surface area contributed by atoms with Gasteiger partial charge in [0, 0.05) is 19.1 Å². The summed E-state index contributed by atoms with van der Waals surface area (Å²) in [6, 6.07) is 0.383. The first kappa shape index (κ1) is 13.0. The standard InChI is InChI=1S/C11H21N3O2/c1-3-13-7-5-6-9(13)8-14(4-2)11(16)10(12)15/h9H,3-8H2,1-2H3,(H2,12,15). The third-order valence-corrected chi connectivity index (χ3v) is 3.22. The quantitative estimate of drug-likeness (QED) is 0.677. The fraction of sp³-hybridized carbons (Fsp3) is 0.818. The summed E-state index contributed by atoms with van der Waals surface area (Å²) in [6.45, 7) is 7.22. The number of likely N-dealkylation sites (N-methyl/N-ethyl adjacent to an activating group) is 2. The van der Waals surface area contributed by atoms with Crippen LogP contribution >= 0.6 is 0 Å². The molecule has 5 nitrogen and oxygen atoms in total. The average molecular weight is 227 g/mol. The predicted molar refractivity (Wildman–Crippen MR) is 61.7 cm³/mol. The van der Waals surface area contributed by atoms with E-state index in [1.165, 1.54) is 6.42 Å². The Bertz CT molecular complexity index is 268. The first-order valence-corrected chi connectivity index (χ1v) is 5.92. The van der Waals surface area contributed by atoms with Gasteiger partial charge in [-0.25, -0.2) is 0 Å². The van der Waals surface area contributed by atoms with Gasteiger partial charge in [-0.05, 0) is 32.9 Å². The third kappa shape index (κ3) is 2.95. The van der Waals surface area contributed by atoms with E-state index in [4.69, 9.17) is 5.73 Å². The van der Waals surface area contributed by atoms with Crippen molar-refractivity contribution in [2.75, 3.05) is 26.2 Å². The first-order valence-electron chi connectivity index (χ1n) is 5.92. The molecule has 92 valence electrons. The molecule has 1 rings (SSSR count). The van der Waals surface area contributed by atoms with E-state index in [2.05, 4.69) is 11.8 Å². The van der Waals surface area contributed by atoms with Crippen molar-refractivity contribution >= 4 is 11.8 Å². The number of nitrogens with zero attached hydrogens (tertiary/aromatic N) is 2. The summed E-state index contributed by atoms with van der Waals surface area (Å²) in [5.74, 6) is -1.42. The maximum Gasteiger partial charge on any atom is 0.311 e. The highest BCUT2D eigenvalue weighted by Gasteiger charge is 2.27. The number of amides is 2. The molecule has 0 spiro atoms. The van der Waals surface area contributed by atoms with Crippen molar-refractivity contribution in [3.05, 3.63) is 0 Å². The number of carbonyl (C=O) groups is 2. The molecular weight excluding hydrogens is 206 g/mol. The molecule has 2 N–H and O–H groups in total. The molecule has 1 aliphatic heterocycles. The Balaban J connectivity index is 2.56. The Morgan fingerprint density at radius 2 is 2.12 bits per heavy atom. The molecule has 0 aliphatic carbocycles. The van der Waals surface area contributed by atoms with Crippen LogP contribution in [-0.2, 0) is 9.59 Å². The summed E-state index contributed by atoms with van der Waals surface area (Å²) < 4.78 is 0. The molecule has 0 bridgehead atoms. The smallest absolute Gasteiger partial charge is 0.311 e. The highest BCUT2D eigenvalue weighted by atomic mass is 16.2. The zero-order chi connectivity index (χ0) is 12.1. The molecule has 0 saturated carbocycles. The van der Waals surface area contributed by atoms with Crippen molar-refractivity contribution in [1.82, 2.24) is 9.80 Å². The van der Waals surface area contributed by atoms with E-state index < -0.39 is 11.8 Å². The van der Waals surface area contributed by atoms with E-state index in [0.29, 0.717) is 19.1 Å². The summed E-state index contributed by atoms with van der Waals surface area (Å²) in [5, 5.41) is 0. The molecular formula is C11H21N3O2. The van der Waals surface area contributed by atoms with E-state index in [1.807, 2.05) is 6.92 Å². The van der Waals surface area contributed by atoms with Gasteiger partial charge < -0.3 is 10.6 Å². The van der Waals surface area contributed by atoms with Gasteiger partial charge in [0.05, 0.1) is 0 Å². The topological polar surface area (TPSA) is 66.6 Å². The molecule has 1 atom stereocenters. The lowest BCUT2D eigenvalue weighted by molar-refractivity contribution is -0.144. The van der Waals surface area contributed by atoms with Gasteiger partial charge in [-0.3, -0.25) is 14.5 Å². The maximum absolute atomic E-state index is 11.5. The lowest BCUT2D eigenvalue weighted by Gasteiger charge is -2.28. The Morgan fingerprint density at radius 3 is 2.62 bits per heavy atom. The van der Waals surface area contributed by atoms with Gasteiger partial charge in [0.2, 0.25) is 0 Å². The molecule has 1 unspecified atom stereocenters. The molecule has 0 aromatic rings. The third-order valence-electron chi connectivity index (χ3n) is 3.22. The van der Waals surface area contributed by atoms with Gasteiger partial charge in [0.15, 0.2) is 0 Å². The van der Waals surface area contributed by atoms with Gasteiger partial charge in [-0.2, -0.15) is 0 Å². The van der Waals surface area contributed by atoms with Crippen LogP contribution in [-0.4, -0.2) is 53.8 Å². The van der Waals surface area contributed by atoms with Gasteiger partial charge in [0.1, 0.15) is 0 Å². The lowest BCUT2D eigenvalue weighted by atomic mass is 10.2. The van der Waals surface area contributed by atoms with Crippen LogP contribution in [0.3, 0.4) is 0 Å². The molecule has 16 heavy (non-hydrogen) atoms. The number of primary amides is 1. The number of nitrogens with two attached hydrogens (primary N) is 1. The highest BCUT2D eigenvalue weighted by molar-refractivity contribution is 6.34. The summed E-state index contributed by atoms with van der Waals surface area (Å²) >= 11 is 0. The van der Waals surface area contributed by atoms with Gasteiger partial charge in [-0.1, -0.05) is 6.92 Å². The summed E-state index contributed by atoms with van der Waals surface area (Å²) in [6.07, 6.45) is 2.26. The minimum atomic E-state index is -0.858. The van der Waals surface area contributed by atoms with Crippen LogP contribution in [0.15, 0.2) is 0 Å². The Kier molecular flexibility index (Phi) is 4.73. The number of rotatable bonds is 4. The Morgan fingerprint density at radius 1 is 1.44 bits per heavy atom. The number of carbonyl (C=O) groups excluding carboxylic acids is 2. The van der Waals surface area contributed by atoms with Crippen molar-refractivity contribution in [3.63, 3.8) is 0 Å². The maximum atomic E-state index is 11.5. The van der Waals surface area contributed by atoms with Crippen molar-refractivity contribution in [2.24, 2.45) is 5.73 Å². The second-order valence-corrected chi connectivity index (χ2v) is 4.13. The van der Waals surface area contributed by atoms with E-state index in [1.54, 1.807) is 4.90 Å². The largest absolute Gasteiger partial charge is 0.361 e. The summed E-state index contributed by atoms with van der Waals surface area (Å²) in [4.78, 5) is 26.2. The van der Waals surface area contributed by atoms with Crippen LogP contribution in [0.25, 0.3) is 0 Å². The highest BCUT2D eigenvalue weighted by Crippen LogP contribution is 2.17. The Labute approximate surface area is 96.6 Å². The minimum Gasteiger partial charge on any atom is -0.361 e. The monoisotopic (exact) mass is 227 g/mol. The van der Waals surface area contributed by atoms with Crippen LogP contribution < -0.4 is 5.73 Å². The van der Waals surface area contributed by atoms with Gasteiger partial charge in [0.25, 0.3) is 0 Å². The molecule has 1 fully saturated rings. The Hall–Kier alpha value is -1.10. The van der Waals surface area contributed by atoms with E-state index in [0.717, 1.165) is 19.5 Å². The van der Waals surface area contributed by atoms with E-state index in [-0.39, 0.29) is 0 Å². The second kappa shape index (κ2) is 5.84. The molecule has 1 heterocycles. The van der Waals surface area contributed by atoms with Crippen molar-refractivity contribution in [2.45, 2.75) is 32.7 Å². The second-order valence-electron chi connectivity index (χ2n) is 4.13. The molecule has 0 aromatic heterocycles. The normalized spacial score (nSPS) is 21.0. The van der Waals surface area contributed by atoms with Crippen molar-refractivity contribution in [1.29, 1.82) is 0 Å². The van der Waals surface area contributed by atoms with Gasteiger partial charge >= 0.3 is 11.8 Å². The minimum absolute atomic E-state index is 0.383. The summed E-state index contributed by atoms with van der Waals surface area (Å²) in [7, 11) is 0. The zero-order valence-corrected chi connectivity index (χ0v) is 10.1. The number of hydrogen-bond donors (Lipinski definition) is 1. The molecule has 0 radical (unpaired) electrons. The zero-order valence-electron chi connectivity index (χ0n) is 10.1. The summed E-state index contributed by atoms with van der Waals surface area (Å²) in [5.41, 5.74) is 5.01. The molecule has 1 saturated heterocycles. The van der Waals surface area contributed by atoms with Crippen LogP contribution in [0.5, 0.6) is 0 Å². The van der Waals surface area contributed by atoms with Crippen molar-refractivity contribution < 1.29 is 9.59 Å². The van der Waals surface area contributed by atoms with E-state index in [9.17, 15) is 9.59 Å². The van der Waals surface area contributed by atoms with Crippen molar-refractivity contribution in [3.8, 4) is 0 Å². The van der Waals surface area contributed by atoms with Crippen LogP contribution in [0.4, 0.5) is 0 Å². The first-order chi connectivity index (χ1) is 7.60. The fourth-order valence-electron chi connectivity index (χ4n) is 2.28. The predicted octanol–water partition coefficient (Wildman–Crippen LogP) is -0.195. The average Bonchev–Trinajstić information content (AvgIpc) is 2.71. The van der Waals surface area contributed by atoms with Crippen LogP contribution in [0, 0.1) is 0 Å². The number of likely N-dealkylation sites (tertiary alicyclic amines) is 1. The fourth-order valence-corrected chi connectivity index (χ4v) is 2.28. The molecule has 2 amide bonds. The molecule has 0 aromatic carbocycles.